The Hall–Kier alpha value is -1.59. The molecule has 0 saturated carbocycles. The van der Waals surface area contributed by atoms with Gasteiger partial charge in [0.2, 0.25) is 5.91 Å². The number of carbonyl (C=O) groups is 1. The lowest BCUT2D eigenvalue weighted by molar-refractivity contribution is -0.118. The van der Waals surface area contributed by atoms with E-state index in [9.17, 15) is 4.79 Å². The molecule has 2 aliphatic heterocycles. The van der Waals surface area contributed by atoms with Crippen LogP contribution in [-0.2, 0) is 4.79 Å². The van der Waals surface area contributed by atoms with Gasteiger partial charge in [0.15, 0.2) is 0 Å². The summed E-state index contributed by atoms with van der Waals surface area (Å²) in [5, 5.41) is 10.3. The first kappa shape index (κ1) is 20.2. The zero-order chi connectivity index (χ0) is 19.1. The highest BCUT2D eigenvalue weighted by atomic mass is 16.2. The second kappa shape index (κ2) is 10.1. The van der Waals surface area contributed by atoms with E-state index < -0.39 is 0 Å². The van der Waals surface area contributed by atoms with Crippen LogP contribution in [0.1, 0.15) is 58.8 Å². The molecule has 0 aliphatic carbocycles. The standard InChI is InChI=1S/C22H36N4O/c1-3-4-11-21(24-17(2)20-12-8-13-23-20)22(27)25-18-9-7-10-19(16-18)26-14-5-6-15-26/h7,9-10,16-17,20-21,23-24H,3-6,8,11-15H2,1-2H3,(H,25,27)/t17?,20-,21?/m0/s1. The first-order chi connectivity index (χ1) is 13.2. The predicted octanol–water partition coefficient (Wildman–Crippen LogP) is 3.51. The molecule has 0 aromatic heterocycles. The summed E-state index contributed by atoms with van der Waals surface area (Å²) in [7, 11) is 0. The number of amides is 1. The summed E-state index contributed by atoms with van der Waals surface area (Å²) >= 11 is 0. The highest BCUT2D eigenvalue weighted by Gasteiger charge is 2.26. The summed E-state index contributed by atoms with van der Waals surface area (Å²) in [5.74, 6) is 0.0897. The third kappa shape index (κ3) is 5.69. The number of hydrogen-bond acceptors (Lipinski definition) is 4. The van der Waals surface area contributed by atoms with Gasteiger partial charge in [-0.15, -0.1) is 0 Å². The number of benzene rings is 1. The number of rotatable bonds is 9. The second-order valence-corrected chi connectivity index (χ2v) is 8.09. The quantitative estimate of drug-likeness (QED) is 0.621. The molecule has 2 fully saturated rings. The molecule has 0 radical (unpaired) electrons. The summed E-state index contributed by atoms with van der Waals surface area (Å²) < 4.78 is 0. The molecule has 2 saturated heterocycles. The van der Waals surface area contributed by atoms with E-state index in [2.05, 4.69) is 46.8 Å². The van der Waals surface area contributed by atoms with E-state index in [1.165, 1.54) is 31.4 Å². The number of anilines is 2. The van der Waals surface area contributed by atoms with E-state index >= 15 is 0 Å². The van der Waals surface area contributed by atoms with Crippen molar-refractivity contribution >= 4 is 17.3 Å². The van der Waals surface area contributed by atoms with Crippen LogP contribution in [0.15, 0.2) is 24.3 Å². The number of carbonyl (C=O) groups excluding carboxylic acids is 1. The molecule has 27 heavy (non-hydrogen) atoms. The molecular formula is C22H36N4O. The van der Waals surface area contributed by atoms with Crippen molar-refractivity contribution in [3.05, 3.63) is 24.3 Å². The molecule has 5 heteroatoms. The van der Waals surface area contributed by atoms with Crippen LogP contribution in [0.2, 0.25) is 0 Å². The predicted molar refractivity (Wildman–Crippen MR) is 113 cm³/mol. The lowest BCUT2D eigenvalue weighted by Crippen LogP contribution is -2.51. The Kier molecular flexibility index (Phi) is 7.53. The maximum Gasteiger partial charge on any atom is 0.241 e. The van der Waals surface area contributed by atoms with Crippen LogP contribution in [0.3, 0.4) is 0 Å². The fourth-order valence-corrected chi connectivity index (χ4v) is 4.26. The Balaban J connectivity index is 1.61. The lowest BCUT2D eigenvalue weighted by atomic mass is 10.0. The molecule has 0 spiro atoms. The Morgan fingerprint density at radius 2 is 2.11 bits per heavy atom. The third-order valence-electron chi connectivity index (χ3n) is 5.91. The number of hydrogen-bond donors (Lipinski definition) is 3. The Bertz CT molecular complexity index is 594. The average Bonchev–Trinajstić information content (AvgIpc) is 3.39. The van der Waals surface area contributed by atoms with Gasteiger partial charge in [-0.3, -0.25) is 4.79 Å². The second-order valence-electron chi connectivity index (χ2n) is 8.09. The largest absolute Gasteiger partial charge is 0.371 e. The molecule has 5 nitrogen and oxygen atoms in total. The normalized spacial score (nSPS) is 22.0. The molecule has 0 bridgehead atoms. The van der Waals surface area contributed by atoms with Crippen molar-refractivity contribution in [3.63, 3.8) is 0 Å². The van der Waals surface area contributed by atoms with Crippen LogP contribution < -0.4 is 20.9 Å². The molecule has 2 heterocycles. The summed E-state index contributed by atoms with van der Waals surface area (Å²) in [6.07, 6.45) is 7.97. The minimum absolute atomic E-state index is 0.0897. The molecule has 3 N–H and O–H groups in total. The molecule has 1 aromatic carbocycles. The monoisotopic (exact) mass is 372 g/mol. The molecule has 3 atom stereocenters. The van der Waals surface area contributed by atoms with E-state index in [4.69, 9.17) is 0 Å². The van der Waals surface area contributed by atoms with Gasteiger partial charge in [0.05, 0.1) is 6.04 Å². The number of unbranched alkanes of at least 4 members (excludes halogenated alkanes) is 1. The van der Waals surface area contributed by atoms with Crippen LogP contribution in [0.25, 0.3) is 0 Å². The third-order valence-corrected chi connectivity index (χ3v) is 5.91. The Labute approximate surface area is 164 Å². The first-order valence-electron chi connectivity index (χ1n) is 10.8. The van der Waals surface area contributed by atoms with Crippen molar-refractivity contribution in [2.45, 2.75) is 76.9 Å². The summed E-state index contributed by atoms with van der Waals surface area (Å²) in [6.45, 7) is 7.69. The molecule has 2 unspecified atom stereocenters. The van der Waals surface area contributed by atoms with E-state index in [0.717, 1.165) is 44.6 Å². The summed E-state index contributed by atoms with van der Waals surface area (Å²) in [6, 6.07) is 8.93. The van der Waals surface area contributed by atoms with Crippen molar-refractivity contribution in [1.82, 2.24) is 10.6 Å². The highest BCUT2D eigenvalue weighted by molar-refractivity contribution is 5.95. The van der Waals surface area contributed by atoms with Gasteiger partial charge in [0.1, 0.15) is 0 Å². The molecule has 3 rings (SSSR count). The first-order valence-corrected chi connectivity index (χ1v) is 10.8. The average molecular weight is 373 g/mol. The molecule has 2 aliphatic rings. The fraction of sp³-hybridized carbons (Fsp3) is 0.682. The zero-order valence-electron chi connectivity index (χ0n) is 17.0. The minimum atomic E-state index is -0.141. The van der Waals surface area contributed by atoms with Crippen molar-refractivity contribution in [1.29, 1.82) is 0 Å². The summed E-state index contributed by atoms with van der Waals surface area (Å²) in [5.41, 5.74) is 2.12. The van der Waals surface area contributed by atoms with Crippen molar-refractivity contribution < 1.29 is 4.79 Å². The van der Waals surface area contributed by atoms with Crippen LogP contribution in [0.5, 0.6) is 0 Å². The van der Waals surface area contributed by atoms with E-state index in [-0.39, 0.29) is 11.9 Å². The molecule has 1 amide bonds. The van der Waals surface area contributed by atoms with Gasteiger partial charge in [-0.1, -0.05) is 25.8 Å². The Morgan fingerprint density at radius 3 is 2.81 bits per heavy atom. The molecule has 1 aromatic rings. The van der Waals surface area contributed by atoms with Crippen LogP contribution >= 0.6 is 0 Å². The summed E-state index contributed by atoms with van der Waals surface area (Å²) in [4.78, 5) is 15.4. The van der Waals surface area contributed by atoms with E-state index in [1.54, 1.807) is 0 Å². The maximum absolute atomic E-state index is 13.0. The number of nitrogens with zero attached hydrogens (tertiary/aromatic N) is 1. The fourth-order valence-electron chi connectivity index (χ4n) is 4.26. The zero-order valence-corrected chi connectivity index (χ0v) is 17.0. The van der Waals surface area contributed by atoms with Crippen molar-refractivity contribution in [2.24, 2.45) is 0 Å². The van der Waals surface area contributed by atoms with Gasteiger partial charge in [-0.25, -0.2) is 0 Å². The van der Waals surface area contributed by atoms with Gasteiger partial charge in [-0.05, 0) is 63.8 Å². The van der Waals surface area contributed by atoms with Gasteiger partial charge < -0.3 is 20.9 Å². The number of nitrogens with one attached hydrogen (secondary N) is 3. The smallest absolute Gasteiger partial charge is 0.241 e. The SMILES string of the molecule is CCCCC(NC(C)[C@@H]1CCCN1)C(=O)Nc1cccc(N2CCCC2)c1. The topological polar surface area (TPSA) is 56.4 Å². The molecule has 150 valence electrons. The van der Waals surface area contributed by atoms with Gasteiger partial charge in [-0.2, -0.15) is 0 Å². The van der Waals surface area contributed by atoms with Crippen LogP contribution in [0, 0.1) is 0 Å². The lowest BCUT2D eigenvalue weighted by Gasteiger charge is -2.27. The van der Waals surface area contributed by atoms with Crippen molar-refractivity contribution in [3.8, 4) is 0 Å². The minimum Gasteiger partial charge on any atom is -0.371 e. The molecular weight excluding hydrogens is 336 g/mol. The van der Waals surface area contributed by atoms with Gasteiger partial charge in [0, 0.05) is 36.5 Å². The van der Waals surface area contributed by atoms with E-state index in [1.807, 2.05) is 12.1 Å². The van der Waals surface area contributed by atoms with Crippen molar-refractivity contribution in [2.75, 3.05) is 29.9 Å². The van der Waals surface area contributed by atoms with E-state index in [0.29, 0.717) is 12.1 Å². The van der Waals surface area contributed by atoms with Gasteiger partial charge >= 0.3 is 0 Å². The Morgan fingerprint density at radius 1 is 1.30 bits per heavy atom. The highest BCUT2D eigenvalue weighted by Crippen LogP contribution is 2.23. The van der Waals surface area contributed by atoms with Crippen LogP contribution in [-0.4, -0.2) is 43.7 Å². The maximum atomic E-state index is 13.0. The van der Waals surface area contributed by atoms with Crippen LogP contribution in [0.4, 0.5) is 11.4 Å². The van der Waals surface area contributed by atoms with Gasteiger partial charge in [0.25, 0.3) is 0 Å².